The molecule has 2 nitrogen and oxygen atoms in total. The quantitative estimate of drug-likeness (QED) is 0.694. The van der Waals surface area contributed by atoms with Gasteiger partial charge < -0.3 is 10.1 Å². The third-order valence-corrected chi connectivity index (χ3v) is 2.42. The molecule has 0 saturated carbocycles. The number of nitrogens with one attached hydrogen (secondary N) is 1. The minimum absolute atomic E-state index is 0.817. The van der Waals surface area contributed by atoms with Crippen LogP contribution in [0.5, 0.6) is 0 Å². The van der Waals surface area contributed by atoms with Crippen LogP contribution in [-0.2, 0) is 11.3 Å². The van der Waals surface area contributed by atoms with Gasteiger partial charge in [0.15, 0.2) is 0 Å². The summed E-state index contributed by atoms with van der Waals surface area (Å²) in [6, 6.07) is 8.49. The maximum absolute atomic E-state index is 5.27. The topological polar surface area (TPSA) is 21.3 Å². The van der Waals surface area contributed by atoms with Gasteiger partial charge >= 0.3 is 0 Å². The predicted molar refractivity (Wildman–Crippen MR) is 64.0 cm³/mol. The van der Waals surface area contributed by atoms with Crippen LogP contribution in [0.4, 0.5) is 0 Å². The molecule has 2 heteroatoms. The Balaban J connectivity index is 2.12. The van der Waals surface area contributed by atoms with E-state index >= 15 is 0 Å². The molecular formula is C13H21NO. The van der Waals surface area contributed by atoms with Crippen molar-refractivity contribution in [1.82, 2.24) is 5.32 Å². The first kappa shape index (κ1) is 12.2. The molecule has 0 bridgehead atoms. The summed E-state index contributed by atoms with van der Waals surface area (Å²) >= 11 is 0. The van der Waals surface area contributed by atoms with Gasteiger partial charge in [0, 0.05) is 19.8 Å². The van der Waals surface area contributed by atoms with E-state index in [9.17, 15) is 0 Å². The van der Waals surface area contributed by atoms with Crippen molar-refractivity contribution in [3.05, 3.63) is 35.4 Å². The van der Waals surface area contributed by atoms with E-state index in [2.05, 4.69) is 36.5 Å². The lowest BCUT2D eigenvalue weighted by molar-refractivity contribution is 0.144. The third kappa shape index (κ3) is 4.96. The van der Waals surface area contributed by atoms with Crippen molar-refractivity contribution in [3.63, 3.8) is 0 Å². The van der Waals surface area contributed by atoms with Crippen LogP contribution in [-0.4, -0.2) is 19.8 Å². The molecule has 0 aliphatic carbocycles. The van der Waals surface area contributed by atoms with E-state index in [1.807, 2.05) is 6.92 Å². The Kier molecular flexibility index (Phi) is 6.05. The fourth-order valence-electron chi connectivity index (χ4n) is 1.48. The molecule has 0 saturated heterocycles. The Hall–Kier alpha value is -0.860. The highest BCUT2D eigenvalue weighted by Gasteiger charge is 1.95. The van der Waals surface area contributed by atoms with Gasteiger partial charge in [0.2, 0.25) is 0 Å². The van der Waals surface area contributed by atoms with Crippen molar-refractivity contribution in [2.24, 2.45) is 0 Å². The number of aryl methyl sites for hydroxylation is 1. The Morgan fingerprint density at radius 2 is 2.07 bits per heavy atom. The molecule has 0 aromatic heterocycles. The van der Waals surface area contributed by atoms with Gasteiger partial charge in [-0.3, -0.25) is 0 Å². The normalized spacial score (nSPS) is 10.5. The van der Waals surface area contributed by atoms with Crippen molar-refractivity contribution in [2.75, 3.05) is 19.8 Å². The monoisotopic (exact) mass is 207 g/mol. The first-order valence-corrected chi connectivity index (χ1v) is 5.67. The van der Waals surface area contributed by atoms with Crippen molar-refractivity contribution in [2.45, 2.75) is 26.8 Å². The molecule has 1 N–H and O–H groups in total. The van der Waals surface area contributed by atoms with Gasteiger partial charge in [0.05, 0.1) is 0 Å². The van der Waals surface area contributed by atoms with Gasteiger partial charge in [-0.1, -0.05) is 24.3 Å². The number of hydrogen-bond donors (Lipinski definition) is 1. The number of rotatable bonds is 7. The summed E-state index contributed by atoms with van der Waals surface area (Å²) in [7, 11) is 0. The summed E-state index contributed by atoms with van der Waals surface area (Å²) in [5.41, 5.74) is 2.74. The minimum atomic E-state index is 0.817. The van der Waals surface area contributed by atoms with E-state index in [0.717, 1.165) is 32.7 Å². The van der Waals surface area contributed by atoms with E-state index < -0.39 is 0 Å². The van der Waals surface area contributed by atoms with E-state index in [1.165, 1.54) is 11.1 Å². The fraction of sp³-hybridized carbons (Fsp3) is 0.538. The van der Waals surface area contributed by atoms with Gasteiger partial charge in [-0.2, -0.15) is 0 Å². The van der Waals surface area contributed by atoms with Crippen molar-refractivity contribution in [1.29, 1.82) is 0 Å². The maximum Gasteiger partial charge on any atom is 0.0477 e. The predicted octanol–water partition coefficient (Wildman–Crippen LogP) is 2.51. The SMILES string of the molecule is CCOCCCNCc1ccccc1C. The van der Waals surface area contributed by atoms with Crippen LogP contribution in [0.25, 0.3) is 0 Å². The molecule has 1 rings (SSSR count). The highest BCUT2D eigenvalue weighted by atomic mass is 16.5. The Bertz CT molecular complexity index is 273. The summed E-state index contributed by atoms with van der Waals surface area (Å²) in [6.45, 7) is 7.83. The van der Waals surface area contributed by atoms with Gasteiger partial charge in [0.25, 0.3) is 0 Å². The highest BCUT2D eigenvalue weighted by Crippen LogP contribution is 2.05. The van der Waals surface area contributed by atoms with E-state index in [0.29, 0.717) is 0 Å². The van der Waals surface area contributed by atoms with Crippen molar-refractivity contribution < 1.29 is 4.74 Å². The highest BCUT2D eigenvalue weighted by molar-refractivity contribution is 5.25. The van der Waals surface area contributed by atoms with E-state index in [1.54, 1.807) is 0 Å². The molecule has 0 fully saturated rings. The molecule has 0 amide bonds. The molecule has 1 aromatic carbocycles. The molecule has 0 radical (unpaired) electrons. The van der Waals surface area contributed by atoms with Crippen LogP contribution >= 0.6 is 0 Å². The van der Waals surface area contributed by atoms with E-state index in [-0.39, 0.29) is 0 Å². The largest absolute Gasteiger partial charge is 0.382 e. The standard InChI is InChI=1S/C13H21NO/c1-3-15-10-6-9-14-11-13-8-5-4-7-12(13)2/h4-5,7-8,14H,3,6,9-11H2,1-2H3. The number of ether oxygens (including phenoxy) is 1. The van der Waals surface area contributed by atoms with Crippen molar-refractivity contribution >= 4 is 0 Å². The van der Waals surface area contributed by atoms with Crippen LogP contribution in [0.15, 0.2) is 24.3 Å². The maximum atomic E-state index is 5.27. The molecule has 0 atom stereocenters. The molecular weight excluding hydrogens is 186 g/mol. The Morgan fingerprint density at radius 3 is 2.80 bits per heavy atom. The number of hydrogen-bond acceptors (Lipinski definition) is 2. The van der Waals surface area contributed by atoms with Gasteiger partial charge in [-0.25, -0.2) is 0 Å². The lowest BCUT2D eigenvalue weighted by Gasteiger charge is -2.07. The van der Waals surface area contributed by atoms with Crippen LogP contribution in [0.2, 0.25) is 0 Å². The first-order chi connectivity index (χ1) is 7.34. The van der Waals surface area contributed by atoms with Crippen LogP contribution in [0, 0.1) is 6.92 Å². The first-order valence-electron chi connectivity index (χ1n) is 5.67. The van der Waals surface area contributed by atoms with Crippen LogP contribution in [0.1, 0.15) is 24.5 Å². The zero-order chi connectivity index (χ0) is 10.9. The molecule has 0 heterocycles. The van der Waals surface area contributed by atoms with Crippen LogP contribution in [0.3, 0.4) is 0 Å². The zero-order valence-electron chi connectivity index (χ0n) is 9.75. The smallest absolute Gasteiger partial charge is 0.0477 e. The van der Waals surface area contributed by atoms with Crippen LogP contribution < -0.4 is 5.32 Å². The van der Waals surface area contributed by atoms with Crippen molar-refractivity contribution in [3.8, 4) is 0 Å². The number of benzene rings is 1. The molecule has 84 valence electrons. The summed E-state index contributed by atoms with van der Waals surface area (Å²) in [4.78, 5) is 0. The second kappa shape index (κ2) is 7.43. The van der Waals surface area contributed by atoms with E-state index in [4.69, 9.17) is 4.74 Å². The molecule has 0 unspecified atom stereocenters. The summed E-state index contributed by atoms with van der Waals surface area (Å²) < 4.78 is 5.27. The zero-order valence-corrected chi connectivity index (χ0v) is 9.75. The van der Waals surface area contributed by atoms with Gasteiger partial charge in [-0.15, -0.1) is 0 Å². The average molecular weight is 207 g/mol. The molecule has 0 spiro atoms. The second-order valence-electron chi connectivity index (χ2n) is 3.65. The Labute approximate surface area is 92.6 Å². The lowest BCUT2D eigenvalue weighted by Crippen LogP contribution is -2.16. The second-order valence-corrected chi connectivity index (χ2v) is 3.65. The molecule has 0 aliphatic heterocycles. The summed E-state index contributed by atoms with van der Waals surface area (Å²) in [5, 5.41) is 3.42. The van der Waals surface area contributed by atoms with Gasteiger partial charge in [-0.05, 0) is 37.9 Å². The summed E-state index contributed by atoms with van der Waals surface area (Å²) in [6.07, 6.45) is 1.08. The molecule has 1 aromatic rings. The minimum Gasteiger partial charge on any atom is -0.382 e. The van der Waals surface area contributed by atoms with Gasteiger partial charge in [0.1, 0.15) is 0 Å². The molecule has 0 aliphatic rings. The fourth-order valence-corrected chi connectivity index (χ4v) is 1.48. The summed E-state index contributed by atoms with van der Waals surface area (Å²) in [5.74, 6) is 0. The molecule has 15 heavy (non-hydrogen) atoms. The third-order valence-electron chi connectivity index (χ3n) is 2.42. The Morgan fingerprint density at radius 1 is 1.27 bits per heavy atom. The lowest BCUT2D eigenvalue weighted by atomic mass is 10.1. The average Bonchev–Trinajstić information content (AvgIpc) is 2.25.